The fraction of sp³-hybridized carbons (Fsp3) is 0.0545. The SMILES string of the molecule is CC1(C)c2cc(-c3cccc(-c4ccc5ccccc5c4)c3)ccc2-c2ccc(N(c3ccc(-c4ccccc4)cc3)c3ccc(-c4ccccc4)cc3)cc21. The van der Waals surface area contributed by atoms with Gasteiger partial charge in [0.25, 0.3) is 0 Å². The first-order valence-corrected chi connectivity index (χ1v) is 19.5. The van der Waals surface area contributed by atoms with E-state index in [1.165, 1.54) is 77.5 Å². The van der Waals surface area contributed by atoms with E-state index in [0.29, 0.717) is 0 Å². The molecule has 1 nitrogen and oxygen atoms in total. The zero-order valence-corrected chi connectivity index (χ0v) is 31.7. The smallest absolute Gasteiger partial charge is 0.0465 e. The summed E-state index contributed by atoms with van der Waals surface area (Å²) in [5.74, 6) is 0. The molecule has 56 heavy (non-hydrogen) atoms. The third kappa shape index (κ3) is 5.99. The zero-order chi connectivity index (χ0) is 37.6. The molecule has 0 spiro atoms. The van der Waals surface area contributed by atoms with Gasteiger partial charge in [-0.2, -0.15) is 0 Å². The van der Waals surface area contributed by atoms with Crippen LogP contribution in [0.15, 0.2) is 212 Å². The minimum Gasteiger partial charge on any atom is -0.310 e. The minimum absolute atomic E-state index is 0.188. The van der Waals surface area contributed by atoms with Crippen molar-refractivity contribution < 1.29 is 0 Å². The minimum atomic E-state index is -0.188. The molecule has 0 N–H and O–H groups in total. The second kappa shape index (κ2) is 13.7. The van der Waals surface area contributed by atoms with Crippen molar-refractivity contribution in [3.05, 3.63) is 223 Å². The number of benzene rings is 9. The van der Waals surface area contributed by atoms with Gasteiger partial charge in [-0.1, -0.05) is 172 Å². The van der Waals surface area contributed by atoms with E-state index < -0.39 is 0 Å². The van der Waals surface area contributed by atoms with Crippen molar-refractivity contribution in [1.82, 2.24) is 0 Å². The Hall–Kier alpha value is -6.96. The van der Waals surface area contributed by atoms with Gasteiger partial charge in [-0.05, 0) is 132 Å². The molecule has 0 unspecified atom stereocenters. The summed E-state index contributed by atoms with van der Waals surface area (Å²) in [7, 11) is 0. The average molecular weight is 716 g/mol. The van der Waals surface area contributed by atoms with Crippen molar-refractivity contribution >= 4 is 27.8 Å². The highest BCUT2D eigenvalue weighted by molar-refractivity contribution is 5.90. The van der Waals surface area contributed by atoms with Crippen molar-refractivity contribution in [3.8, 4) is 55.6 Å². The van der Waals surface area contributed by atoms with E-state index in [2.05, 4.69) is 231 Å². The number of nitrogens with zero attached hydrogens (tertiary/aromatic N) is 1. The highest BCUT2D eigenvalue weighted by Gasteiger charge is 2.36. The van der Waals surface area contributed by atoms with Crippen LogP contribution in [0.4, 0.5) is 17.1 Å². The van der Waals surface area contributed by atoms with Crippen LogP contribution in [0, 0.1) is 0 Å². The Morgan fingerprint density at radius 1 is 0.286 bits per heavy atom. The molecular weight excluding hydrogens is 675 g/mol. The van der Waals surface area contributed by atoms with Crippen molar-refractivity contribution in [2.24, 2.45) is 0 Å². The topological polar surface area (TPSA) is 3.24 Å². The van der Waals surface area contributed by atoms with Gasteiger partial charge in [0.05, 0.1) is 0 Å². The molecule has 0 radical (unpaired) electrons. The number of hydrogen-bond acceptors (Lipinski definition) is 1. The molecule has 0 aromatic heterocycles. The van der Waals surface area contributed by atoms with Crippen LogP contribution in [0.3, 0.4) is 0 Å². The molecule has 0 aliphatic heterocycles. The third-order valence-corrected chi connectivity index (χ3v) is 11.7. The fourth-order valence-corrected chi connectivity index (χ4v) is 8.61. The van der Waals surface area contributed by atoms with Crippen LogP contribution >= 0.6 is 0 Å². The Bertz CT molecular complexity index is 2770. The first kappa shape index (κ1) is 33.6. The largest absolute Gasteiger partial charge is 0.310 e. The molecule has 0 atom stereocenters. The van der Waals surface area contributed by atoms with E-state index >= 15 is 0 Å². The van der Waals surface area contributed by atoms with E-state index in [-0.39, 0.29) is 5.41 Å². The normalized spacial score (nSPS) is 12.6. The highest BCUT2D eigenvalue weighted by Crippen LogP contribution is 2.52. The second-order valence-corrected chi connectivity index (χ2v) is 15.4. The summed E-state index contributed by atoms with van der Waals surface area (Å²) in [5, 5.41) is 2.53. The van der Waals surface area contributed by atoms with Crippen LogP contribution in [-0.2, 0) is 5.41 Å². The standard InChI is InChI=1S/C55H41N/c1-55(2)53-36-47(45-19-11-18-44(35-45)46-21-20-40-16-9-10-17-43(40)34-46)26-32-51(53)52-33-31-50(37-54(52)55)56(48-27-22-41(23-28-48)38-12-5-3-6-13-38)49-29-24-42(25-30-49)39-14-7-4-8-15-39/h3-37H,1-2H3. The van der Waals surface area contributed by atoms with Gasteiger partial charge in [0, 0.05) is 22.5 Å². The lowest BCUT2D eigenvalue weighted by atomic mass is 9.81. The Morgan fingerprint density at radius 2 is 0.696 bits per heavy atom. The van der Waals surface area contributed by atoms with Crippen LogP contribution in [0.2, 0.25) is 0 Å². The maximum atomic E-state index is 2.43. The lowest BCUT2D eigenvalue weighted by Crippen LogP contribution is -2.16. The van der Waals surface area contributed by atoms with Gasteiger partial charge in [0.2, 0.25) is 0 Å². The summed E-state index contributed by atoms with van der Waals surface area (Å²) in [6.45, 7) is 4.76. The van der Waals surface area contributed by atoms with E-state index in [1.807, 2.05) is 0 Å². The van der Waals surface area contributed by atoms with Crippen molar-refractivity contribution in [2.75, 3.05) is 4.90 Å². The first-order chi connectivity index (χ1) is 27.5. The third-order valence-electron chi connectivity index (χ3n) is 11.7. The Morgan fingerprint density at radius 3 is 1.30 bits per heavy atom. The lowest BCUT2D eigenvalue weighted by molar-refractivity contribution is 0.660. The molecule has 0 amide bonds. The molecule has 1 aliphatic rings. The fourth-order valence-electron chi connectivity index (χ4n) is 8.61. The Balaban J connectivity index is 1.02. The number of fused-ring (bicyclic) bond motifs is 4. The molecule has 266 valence electrons. The molecule has 0 saturated carbocycles. The van der Waals surface area contributed by atoms with E-state index in [1.54, 1.807) is 0 Å². The molecule has 1 heteroatoms. The molecule has 0 saturated heterocycles. The van der Waals surface area contributed by atoms with Crippen molar-refractivity contribution in [3.63, 3.8) is 0 Å². The van der Waals surface area contributed by atoms with Crippen LogP contribution in [0.25, 0.3) is 66.4 Å². The second-order valence-electron chi connectivity index (χ2n) is 15.4. The van der Waals surface area contributed by atoms with E-state index in [9.17, 15) is 0 Å². The predicted octanol–water partition coefficient (Wildman–Crippen LogP) is 15.3. The van der Waals surface area contributed by atoms with Gasteiger partial charge >= 0.3 is 0 Å². The van der Waals surface area contributed by atoms with Crippen LogP contribution in [0.5, 0.6) is 0 Å². The first-order valence-electron chi connectivity index (χ1n) is 19.5. The molecule has 1 aliphatic carbocycles. The van der Waals surface area contributed by atoms with Crippen LogP contribution in [-0.4, -0.2) is 0 Å². The van der Waals surface area contributed by atoms with Gasteiger partial charge in [0.15, 0.2) is 0 Å². The van der Waals surface area contributed by atoms with Gasteiger partial charge in [-0.15, -0.1) is 0 Å². The van der Waals surface area contributed by atoms with E-state index in [0.717, 1.165) is 17.1 Å². The lowest BCUT2D eigenvalue weighted by Gasteiger charge is -2.28. The van der Waals surface area contributed by atoms with Gasteiger partial charge in [0.1, 0.15) is 0 Å². The summed E-state index contributed by atoms with van der Waals surface area (Å²) >= 11 is 0. The van der Waals surface area contributed by atoms with Gasteiger partial charge < -0.3 is 4.90 Å². The van der Waals surface area contributed by atoms with E-state index in [4.69, 9.17) is 0 Å². The zero-order valence-electron chi connectivity index (χ0n) is 31.7. The van der Waals surface area contributed by atoms with Crippen LogP contribution in [0.1, 0.15) is 25.0 Å². The monoisotopic (exact) mass is 715 g/mol. The van der Waals surface area contributed by atoms with Gasteiger partial charge in [-0.25, -0.2) is 0 Å². The molecular formula is C55H41N. The Labute approximate surface area is 329 Å². The Kier molecular flexibility index (Phi) is 8.23. The number of hydrogen-bond donors (Lipinski definition) is 0. The predicted molar refractivity (Wildman–Crippen MR) is 238 cm³/mol. The maximum absolute atomic E-state index is 2.43. The summed E-state index contributed by atoms with van der Waals surface area (Å²) in [6.07, 6.45) is 0. The highest BCUT2D eigenvalue weighted by atomic mass is 15.1. The quantitative estimate of drug-likeness (QED) is 0.159. The summed E-state index contributed by atoms with van der Waals surface area (Å²) < 4.78 is 0. The molecule has 0 fully saturated rings. The summed E-state index contributed by atoms with van der Waals surface area (Å²) in [6, 6.07) is 77.6. The molecule has 10 rings (SSSR count). The summed E-state index contributed by atoms with van der Waals surface area (Å²) in [5.41, 5.74) is 18.3. The average Bonchev–Trinajstić information content (AvgIpc) is 3.49. The molecule has 0 bridgehead atoms. The van der Waals surface area contributed by atoms with Crippen molar-refractivity contribution in [1.29, 1.82) is 0 Å². The van der Waals surface area contributed by atoms with Crippen LogP contribution < -0.4 is 4.90 Å². The number of rotatable bonds is 7. The maximum Gasteiger partial charge on any atom is 0.0465 e. The molecule has 9 aromatic rings. The van der Waals surface area contributed by atoms with Gasteiger partial charge in [-0.3, -0.25) is 0 Å². The molecule has 9 aromatic carbocycles. The molecule has 0 heterocycles. The van der Waals surface area contributed by atoms with Crippen molar-refractivity contribution in [2.45, 2.75) is 19.3 Å². The number of anilines is 3. The summed E-state index contributed by atoms with van der Waals surface area (Å²) in [4.78, 5) is 2.40.